The molecule has 0 spiro atoms. The first-order valence-corrected chi connectivity index (χ1v) is 4.94. The summed E-state index contributed by atoms with van der Waals surface area (Å²) in [5, 5.41) is 8.95. The molecule has 2 aromatic rings. The van der Waals surface area contributed by atoms with Gasteiger partial charge >= 0.3 is 0 Å². The van der Waals surface area contributed by atoms with E-state index in [0.717, 1.165) is 17.0 Å². The van der Waals surface area contributed by atoms with Crippen LogP contribution in [-0.4, -0.2) is 9.97 Å². The van der Waals surface area contributed by atoms with Gasteiger partial charge in [-0.15, -0.1) is 0 Å². The van der Waals surface area contributed by atoms with E-state index >= 15 is 0 Å². The molecule has 0 aliphatic rings. The van der Waals surface area contributed by atoms with E-state index in [-0.39, 0.29) is 0 Å². The second kappa shape index (κ2) is 3.78. The van der Waals surface area contributed by atoms with Gasteiger partial charge in [0, 0.05) is 11.3 Å². The predicted molar refractivity (Wildman–Crippen MR) is 58.7 cm³/mol. The number of furan rings is 1. The third kappa shape index (κ3) is 1.68. The van der Waals surface area contributed by atoms with Gasteiger partial charge in [-0.25, -0.2) is 9.97 Å². The summed E-state index contributed by atoms with van der Waals surface area (Å²) in [5.74, 6) is 1.86. The van der Waals surface area contributed by atoms with Gasteiger partial charge in [0.05, 0.1) is 0 Å². The van der Waals surface area contributed by atoms with Gasteiger partial charge < -0.3 is 4.42 Å². The summed E-state index contributed by atoms with van der Waals surface area (Å²) < 4.78 is 5.43. The standard InChI is InChI=1S/C12H11N3O/c1-7-4-5-11(16-7)12-14-9(3)8(2)10(6-13)15-12/h4-5H,1-3H3. The first kappa shape index (κ1) is 10.4. The minimum atomic E-state index is 0.400. The lowest BCUT2D eigenvalue weighted by molar-refractivity contribution is 0.543. The quantitative estimate of drug-likeness (QED) is 0.730. The van der Waals surface area contributed by atoms with Gasteiger partial charge in [-0.2, -0.15) is 5.26 Å². The van der Waals surface area contributed by atoms with Crippen LogP contribution >= 0.6 is 0 Å². The normalized spacial score (nSPS) is 10.1. The molecule has 0 bridgehead atoms. The van der Waals surface area contributed by atoms with Crippen LogP contribution in [0.5, 0.6) is 0 Å². The van der Waals surface area contributed by atoms with Crippen LogP contribution in [0.4, 0.5) is 0 Å². The highest BCUT2D eigenvalue weighted by molar-refractivity contribution is 5.50. The third-order valence-corrected chi connectivity index (χ3v) is 2.46. The molecule has 0 N–H and O–H groups in total. The molecule has 0 unspecified atom stereocenters. The minimum Gasteiger partial charge on any atom is -0.458 e. The number of aromatic nitrogens is 2. The average molecular weight is 213 g/mol. The van der Waals surface area contributed by atoms with E-state index < -0.39 is 0 Å². The Hall–Kier alpha value is -2.15. The zero-order valence-electron chi connectivity index (χ0n) is 9.40. The monoisotopic (exact) mass is 213 g/mol. The smallest absolute Gasteiger partial charge is 0.197 e. The van der Waals surface area contributed by atoms with Crippen molar-refractivity contribution >= 4 is 0 Å². The fourth-order valence-corrected chi connectivity index (χ4v) is 1.40. The molecule has 0 aromatic carbocycles. The largest absolute Gasteiger partial charge is 0.458 e. The van der Waals surface area contributed by atoms with Gasteiger partial charge in [-0.05, 0) is 32.9 Å². The van der Waals surface area contributed by atoms with Crippen LogP contribution < -0.4 is 0 Å². The van der Waals surface area contributed by atoms with Gasteiger partial charge in [-0.1, -0.05) is 0 Å². The Morgan fingerprint density at radius 3 is 2.50 bits per heavy atom. The maximum absolute atomic E-state index is 8.95. The summed E-state index contributed by atoms with van der Waals surface area (Å²) in [4.78, 5) is 8.48. The molecule has 80 valence electrons. The van der Waals surface area contributed by atoms with Crippen molar-refractivity contribution in [2.45, 2.75) is 20.8 Å². The van der Waals surface area contributed by atoms with E-state index in [0.29, 0.717) is 17.3 Å². The van der Waals surface area contributed by atoms with Crippen LogP contribution in [0.1, 0.15) is 22.7 Å². The Bertz CT molecular complexity index is 578. The van der Waals surface area contributed by atoms with Gasteiger partial charge in [0.15, 0.2) is 11.6 Å². The molecule has 0 atom stereocenters. The summed E-state index contributed by atoms with van der Waals surface area (Å²) in [5.41, 5.74) is 2.02. The molecular weight excluding hydrogens is 202 g/mol. The third-order valence-electron chi connectivity index (χ3n) is 2.46. The molecule has 0 radical (unpaired) electrons. The number of hydrogen-bond donors (Lipinski definition) is 0. The van der Waals surface area contributed by atoms with Crippen molar-refractivity contribution in [3.63, 3.8) is 0 Å². The molecule has 2 heterocycles. The number of nitrogens with zero attached hydrogens (tertiary/aromatic N) is 3. The van der Waals surface area contributed by atoms with Crippen LogP contribution in [-0.2, 0) is 0 Å². The van der Waals surface area contributed by atoms with Crippen molar-refractivity contribution in [1.82, 2.24) is 9.97 Å². The zero-order chi connectivity index (χ0) is 11.7. The Kier molecular flexibility index (Phi) is 2.45. The van der Waals surface area contributed by atoms with Crippen molar-refractivity contribution in [2.75, 3.05) is 0 Å². The Labute approximate surface area is 93.6 Å². The van der Waals surface area contributed by atoms with Crippen LogP contribution in [0.2, 0.25) is 0 Å². The lowest BCUT2D eigenvalue weighted by Gasteiger charge is -2.03. The van der Waals surface area contributed by atoms with Crippen LogP contribution in [0.25, 0.3) is 11.6 Å². The molecule has 4 nitrogen and oxygen atoms in total. The summed E-state index contributed by atoms with van der Waals surface area (Å²) in [6.45, 7) is 5.55. The number of nitriles is 1. The molecule has 0 aliphatic heterocycles. The second-order valence-corrected chi connectivity index (χ2v) is 3.63. The van der Waals surface area contributed by atoms with Crippen LogP contribution in [0.3, 0.4) is 0 Å². The van der Waals surface area contributed by atoms with Crippen molar-refractivity contribution in [3.8, 4) is 17.7 Å². The van der Waals surface area contributed by atoms with E-state index in [4.69, 9.17) is 9.68 Å². The van der Waals surface area contributed by atoms with Crippen molar-refractivity contribution in [3.05, 3.63) is 34.8 Å². The lowest BCUT2D eigenvalue weighted by atomic mass is 10.2. The molecule has 0 saturated carbocycles. The van der Waals surface area contributed by atoms with Crippen LogP contribution in [0, 0.1) is 32.1 Å². The SMILES string of the molecule is Cc1ccc(-c2nc(C)c(C)c(C#N)n2)o1. The Morgan fingerprint density at radius 2 is 1.94 bits per heavy atom. The fraction of sp³-hybridized carbons (Fsp3) is 0.250. The van der Waals surface area contributed by atoms with E-state index in [1.54, 1.807) is 6.07 Å². The van der Waals surface area contributed by atoms with E-state index in [9.17, 15) is 0 Å². The number of hydrogen-bond acceptors (Lipinski definition) is 4. The lowest BCUT2D eigenvalue weighted by Crippen LogP contribution is -1.99. The molecule has 16 heavy (non-hydrogen) atoms. The predicted octanol–water partition coefficient (Wildman–Crippen LogP) is 2.53. The maximum Gasteiger partial charge on any atom is 0.197 e. The Balaban J connectivity index is 2.60. The highest BCUT2D eigenvalue weighted by Crippen LogP contribution is 2.20. The number of rotatable bonds is 1. The second-order valence-electron chi connectivity index (χ2n) is 3.63. The summed E-state index contributed by atoms with van der Waals surface area (Å²) >= 11 is 0. The molecule has 2 aromatic heterocycles. The van der Waals surface area contributed by atoms with E-state index in [1.165, 1.54) is 0 Å². The van der Waals surface area contributed by atoms with Crippen molar-refractivity contribution in [1.29, 1.82) is 5.26 Å². The topological polar surface area (TPSA) is 62.7 Å². The first-order chi connectivity index (χ1) is 7.61. The van der Waals surface area contributed by atoms with Crippen molar-refractivity contribution in [2.24, 2.45) is 0 Å². The number of aryl methyl sites for hydroxylation is 2. The fourth-order valence-electron chi connectivity index (χ4n) is 1.40. The minimum absolute atomic E-state index is 0.400. The van der Waals surface area contributed by atoms with Crippen molar-refractivity contribution < 1.29 is 4.42 Å². The molecule has 2 rings (SSSR count). The van der Waals surface area contributed by atoms with E-state index in [1.807, 2.05) is 26.8 Å². The van der Waals surface area contributed by atoms with E-state index in [2.05, 4.69) is 16.0 Å². The molecule has 4 heteroatoms. The average Bonchev–Trinajstić information content (AvgIpc) is 2.69. The highest BCUT2D eigenvalue weighted by Gasteiger charge is 2.11. The maximum atomic E-state index is 8.95. The van der Waals surface area contributed by atoms with Gasteiger partial charge in [0.1, 0.15) is 17.5 Å². The zero-order valence-corrected chi connectivity index (χ0v) is 9.40. The van der Waals surface area contributed by atoms with Gasteiger partial charge in [0.2, 0.25) is 0 Å². The summed E-state index contributed by atoms with van der Waals surface area (Å²) in [6.07, 6.45) is 0. The van der Waals surface area contributed by atoms with Crippen LogP contribution in [0.15, 0.2) is 16.5 Å². The van der Waals surface area contributed by atoms with Gasteiger partial charge in [-0.3, -0.25) is 0 Å². The Morgan fingerprint density at radius 1 is 1.19 bits per heavy atom. The molecule has 0 saturated heterocycles. The summed E-state index contributed by atoms with van der Waals surface area (Å²) in [6, 6.07) is 5.71. The van der Waals surface area contributed by atoms with Gasteiger partial charge in [0.25, 0.3) is 0 Å². The first-order valence-electron chi connectivity index (χ1n) is 4.94. The highest BCUT2D eigenvalue weighted by atomic mass is 16.3. The molecule has 0 fully saturated rings. The molecule has 0 aliphatic carbocycles. The molecule has 0 amide bonds. The molecular formula is C12H11N3O. The summed E-state index contributed by atoms with van der Waals surface area (Å²) in [7, 11) is 0.